The summed E-state index contributed by atoms with van der Waals surface area (Å²) >= 11 is 0. The smallest absolute Gasteiger partial charge is 0.246 e. The van der Waals surface area contributed by atoms with E-state index >= 15 is 0 Å². The van der Waals surface area contributed by atoms with Gasteiger partial charge < -0.3 is 67.6 Å². The number of ether oxygens (including phenoxy) is 4. The maximum Gasteiger partial charge on any atom is 0.246 e. The molecule has 2 heterocycles. The number of hydrogen-bond acceptors (Lipinski definition) is 15. The number of likely N-dealkylation sites (N-methyl/N-ethyl adjacent to an activating group) is 1. The number of hydroxylamine groups is 2. The molecule has 1 unspecified atom stereocenters. The van der Waals surface area contributed by atoms with Crippen molar-refractivity contribution in [3.05, 3.63) is 0 Å². The first-order valence-electron chi connectivity index (χ1n) is 14.0. The summed E-state index contributed by atoms with van der Waals surface area (Å²) < 4.78 is 23.8. The molecular formula is C24H48N6O10. The molecular weight excluding hydrogens is 532 g/mol. The second-order valence-electron chi connectivity index (χ2n) is 10.8. The van der Waals surface area contributed by atoms with Crippen LogP contribution in [0.15, 0.2) is 0 Å². The van der Waals surface area contributed by atoms with Crippen LogP contribution in [-0.4, -0.2) is 143 Å². The van der Waals surface area contributed by atoms with Gasteiger partial charge in [0.1, 0.15) is 30.5 Å². The van der Waals surface area contributed by atoms with Gasteiger partial charge in [-0.3, -0.25) is 10.0 Å². The molecule has 0 radical (unpaired) electrons. The molecule has 1 amide bonds. The van der Waals surface area contributed by atoms with Crippen LogP contribution in [0.25, 0.3) is 0 Å². The van der Waals surface area contributed by atoms with Crippen LogP contribution in [0.5, 0.6) is 0 Å². The zero-order valence-electron chi connectivity index (χ0n) is 22.9. The fraction of sp³-hybridized carbons (Fsp3) is 0.958. The van der Waals surface area contributed by atoms with Crippen LogP contribution in [0.1, 0.15) is 32.6 Å². The Morgan fingerprint density at radius 3 is 2.35 bits per heavy atom. The lowest BCUT2D eigenvalue weighted by Gasteiger charge is -2.48. The number of nitrogens with one attached hydrogen (secondary N) is 1. The maximum atomic E-state index is 12.7. The summed E-state index contributed by atoms with van der Waals surface area (Å²) in [6, 6.07) is -2.46. The van der Waals surface area contributed by atoms with Gasteiger partial charge in [0, 0.05) is 25.6 Å². The molecule has 1 saturated carbocycles. The van der Waals surface area contributed by atoms with Gasteiger partial charge in [0.05, 0.1) is 37.4 Å². The zero-order valence-corrected chi connectivity index (χ0v) is 22.9. The van der Waals surface area contributed by atoms with Crippen molar-refractivity contribution in [3.8, 4) is 0 Å². The number of aliphatic hydroxyl groups excluding tert-OH is 4. The first kappa shape index (κ1) is 33.4. The Labute approximate surface area is 233 Å². The number of nitrogens with zero attached hydrogens (tertiary/aromatic N) is 1. The van der Waals surface area contributed by atoms with Crippen LogP contribution in [0.2, 0.25) is 0 Å². The van der Waals surface area contributed by atoms with E-state index in [1.54, 1.807) is 0 Å². The molecule has 16 heteroatoms. The van der Waals surface area contributed by atoms with Crippen molar-refractivity contribution in [3.63, 3.8) is 0 Å². The lowest BCUT2D eigenvalue weighted by Crippen LogP contribution is -2.66. The predicted molar refractivity (Wildman–Crippen MR) is 139 cm³/mol. The minimum Gasteiger partial charge on any atom is -0.394 e. The van der Waals surface area contributed by atoms with Crippen molar-refractivity contribution >= 4 is 5.91 Å². The van der Waals surface area contributed by atoms with Crippen LogP contribution in [0.4, 0.5) is 0 Å². The van der Waals surface area contributed by atoms with Gasteiger partial charge in [-0.05, 0) is 31.7 Å². The highest BCUT2D eigenvalue weighted by atomic mass is 16.7. The summed E-state index contributed by atoms with van der Waals surface area (Å²) in [4.78, 5) is 12.7. The quantitative estimate of drug-likeness (QED) is 0.0766. The number of hydrogen-bond donors (Lipinski definition) is 10. The monoisotopic (exact) mass is 580 g/mol. The van der Waals surface area contributed by atoms with Gasteiger partial charge in [0.25, 0.3) is 0 Å². The van der Waals surface area contributed by atoms with Crippen molar-refractivity contribution in [1.82, 2.24) is 10.4 Å². The summed E-state index contributed by atoms with van der Waals surface area (Å²) in [5.74, 6) is -1.42. The molecule has 2 saturated heterocycles. The molecule has 0 bridgehead atoms. The predicted octanol–water partition coefficient (Wildman–Crippen LogP) is -4.76. The SMILES string of the molecule is CCNC[C@@H]1CC[C@@H](N)[C@@H](OC2[C@@H](N)C[C@@H](CC(=O)N(O)CCN)[C@H](O[C@H]3O[C@H](CO)[C@@H](O)[C@H](N)[C@H]3O)[C@H]2O)O1. The minimum absolute atomic E-state index is 0.0339. The molecule has 13 atom stereocenters. The Morgan fingerprint density at radius 1 is 1.00 bits per heavy atom. The molecule has 0 aromatic carbocycles. The van der Waals surface area contributed by atoms with E-state index in [1.165, 1.54) is 0 Å². The maximum absolute atomic E-state index is 12.7. The molecule has 234 valence electrons. The molecule has 16 nitrogen and oxygen atoms in total. The van der Waals surface area contributed by atoms with Crippen LogP contribution < -0.4 is 28.3 Å². The molecule has 2 aliphatic heterocycles. The highest BCUT2D eigenvalue weighted by Gasteiger charge is 2.51. The Hall–Kier alpha value is -1.09. The van der Waals surface area contributed by atoms with Crippen LogP contribution in [0.3, 0.4) is 0 Å². The topological polar surface area (TPSA) is 274 Å². The van der Waals surface area contributed by atoms with Crippen molar-refractivity contribution < 1.29 is 49.4 Å². The summed E-state index contributed by atoms with van der Waals surface area (Å²) in [5.41, 5.74) is 24.1. The third-order valence-corrected chi connectivity index (χ3v) is 7.84. The standard InChI is InChI=1S/C24H48N6O10/c1-2-29-9-12-3-4-13(26)23(37-12)40-22-14(27)7-11(8-16(32)30(36)6-5-25)21(20(22)35)39-24-19(34)17(28)18(33)15(10-31)38-24/h11-15,17-24,29,31,33-36H,2-10,25-28H2,1H3/t11-,12-,13+,14-,15+,17-,18+,19+,20+,21-,22?,23+,24+/m0/s1. The van der Waals surface area contributed by atoms with Gasteiger partial charge in [-0.2, -0.15) is 0 Å². The van der Waals surface area contributed by atoms with E-state index in [4.69, 9.17) is 41.9 Å². The van der Waals surface area contributed by atoms with Crippen LogP contribution >= 0.6 is 0 Å². The molecule has 0 aromatic heterocycles. The number of rotatable bonds is 12. The van der Waals surface area contributed by atoms with E-state index in [1.807, 2.05) is 6.92 Å². The number of aliphatic hydroxyl groups is 4. The largest absolute Gasteiger partial charge is 0.394 e. The Bertz CT molecular complexity index is 784. The van der Waals surface area contributed by atoms with Gasteiger partial charge in [-0.15, -0.1) is 0 Å². The number of amides is 1. The van der Waals surface area contributed by atoms with E-state index in [-0.39, 0.29) is 32.0 Å². The fourth-order valence-electron chi connectivity index (χ4n) is 5.49. The molecule has 40 heavy (non-hydrogen) atoms. The van der Waals surface area contributed by atoms with E-state index in [9.17, 15) is 30.4 Å². The molecule has 0 spiro atoms. The Morgan fingerprint density at radius 2 is 1.70 bits per heavy atom. The van der Waals surface area contributed by atoms with Gasteiger partial charge in [0.15, 0.2) is 12.6 Å². The molecule has 14 N–H and O–H groups in total. The molecule has 3 aliphatic rings. The van der Waals surface area contributed by atoms with Crippen molar-refractivity contribution in [2.24, 2.45) is 28.9 Å². The van der Waals surface area contributed by atoms with Gasteiger partial charge in [-0.1, -0.05) is 6.92 Å². The highest BCUT2D eigenvalue weighted by molar-refractivity contribution is 5.75. The average Bonchev–Trinajstić information content (AvgIpc) is 2.93. The normalized spacial score (nSPS) is 42.5. The van der Waals surface area contributed by atoms with Crippen molar-refractivity contribution in [2.75, 3.05) is 32.8 Å². The summed E-state index contributed by atoms with van der Waals surface area (Å²) in [7, 11) is 0. The van der Waals surface area contributed by atoms with Gasteiger partial charge in [0.2, 0.25) is 5.91 Å². The molecule has 3 fully saturated rings. The lowest BCUT2D eigenvalue weighted by atomic mass is 9.77. The Kier molecular flexibility index (Phi) is 12.9. The molecule has 3 rings (SSSR count). The molecule has 0 aromatic rings. The third kappa shape index (κ3) is 8.05. The first-order chi connectivity index (χ1) is 19.0. The average molecular weight is 581 g/mol. The number of carbonyl (C=O) groups excluding carboxylic acids is 1. The molecule has 1 aliphatic carbocycles. The van der Waals surface area contributed by atoms with Crippen molar-refractivity contribution in [1.29, 1.82) is 0 Å². The van der Waals surface area contributed by atoms with Crippen molar-refractivity contribution in [2.45, 2.75) is 106 Å². The van der Waals surface area contributed by atoms with E-state index in [0.717, 1.165) is 13.0 Å². The van der Waals surface area contributed by atoms with E-state index in [2.05, 4.69) is 5.32 Å². The minimum atomic E-state index is -1.52. The van der Waals surface area contributed by atoms with Gasteiger partial charge >= 0.3 is 0 Å². The summed E-state index contributed by atoms with van der Waals surface area (Å²) in [6.07, 6.45) is -8.97. The van der Waals surface area contributed by atoms with Gasteiger partial charge in [-0.25, -0.2) is 5.06 Å². The third-order valence-electron chi connectivity index (χ3n) is 7.84. The number of carbonyl (C=O) groups is 1. The zero-order chi connectivity index (χ0) is 29.6. The second-order valence-corrected chi connectivity index (χ2v) is 10.8. The summed E-state index contributed by atoms with van der Waals surface area (Å²) in [6.45, 7) is 2.69. The highest BCUT2D eigenvalue weighted by Crippen LogP contribution is 2.36. The van der Waals surface area contributed by atoms with E-state index in [0.29, 0.717) is 18.0 Å². The van der Waals surface area contributed by atoms with E-state index < -0.39 is 85.8 Å². The van der Waals surface area contributed by atoms with Crippen LogP contribution in [0, 0.1) is 5.92 Å². The first-order valence-corrected chi connectivity index (χ1v) is 14.0. The summed E-state index contributed by atoms with van der Waals surface area (Å²) in [5, 5.41) is 55.7. The fourth-order valence-corrected chi connectivity index (χ4v) is 5.49. The second kappa shape index (κ2) is 15.4. The van der Waals surface area contributed by atoms with Crippen LogP contribution in [-0.2, 0) is 23.7 Å². The number of nitrogens with two attached hydrogens (primary N) is 4. The lowest BCUT2D eigenvalue weighted by molar-refractivity contribution is -0.318. The Balaban J connectivity index is 1.80.